The molecule has 1 aromatic heterocycles. The van der Waals surface area contributed by atoms with Gasteiger partial charge in [0.15, 0.2) is 0 Å². The van der Waals surface area contributed by atoms with Gasteiger partial charge in [-0.3, -0.25) is 4.79 Å². The molecule has 8 heteroatoms. The molecule has 0 unspecified atom stereocenters. The van der Waals surface area contributed by atoms with Crippen molar-refractivity contribution in [1.29, 1.82) is 0 Å². The number of carbonyl (C=O) groups is 2. The second kappa shape index (κ2) is 9.26. The van der Waals surface area contributed by atoms with Crippen LogP contribution in [0, 0.1) is 0 Å². The number of anilines is 1. The number of hydrogen-bond donors (Lipinski definition) is 2. The minimum atomic E-state index is -1.14. The summed E-state index contributed by atoms with van der Waals surface area (Å²) in [7, 11) is 0. The first-order valence-electron chi connectivity index (χ1n) is 8.54. The first-order valence-corrected chi connectivity index (χ1v) is 10.2. The standard InChI is InChI=1S/C22H13Cl2NO3S.Li.H/c23-13-6-7-15(18(24)10-13)21(26)25-19-8-5-12(9-16(19)22(27)28)17-11-29-20-4-2-1-3-14(17)20;;/h1-11H,(H,25,26)(H,27,28);;/q;+1;-1. The van der Waals surface area contributed by atoms with Crippen molar-refractivity contribution in [2.24, 2.45) is 0 Å². The van der Waals surface area contributed by atoms with Crippen LogP contribution in [0.1, 0.15) is 22.1 Å². The molecule has 4 aromatic rings. The van der Waals surface area contributed by atoms with Crippen LogP contribution in [0.2, 0.25) is 10.0 Å². The second-order valence-corrected chi connectivity index (χ2v) is 8.04. The number of amides is 1. The third kappa shape index (κ3) is 4.41. The minimum absolute atomic E-state index is 0. The first kappa shape index (κ1) is 22.4. The van der Waals surface area contributed by atoms with E-state index < -0.39 is 11.9 Å². The second-order valence-electron chi connectivity index (χ2n) is 6.29. The molecule has 0 fully saturated rings. The predicted molar refractivity (Wildman–Crippen MR) is 120 cm³/mol. The maximum atomic E-state index is 12.6. The molecule has 0 atom stereocenters. The zero-order valence-corrected chi connectivity index (χ0v) is 18.1. The van der Waals surface area contributed by atoms with Crippen molar-refractivity contribution in [2.45, 2.75) is 0 Å². The number of halogens is 2. The van der Waals surface area contributed by atoms with Gasteiger partial charge in [0.05, 0.1) is 21.8 Å². The molecule has 0 aliphatic heterocycles. The maximum Gasteiger partial charge on any atom is 1.00 e. The number of thiophene rings is 1. The van der Waals surface area contributed by atoms with E-state index in [1.165, 1.54) is 12.1 Å². The Balaban J connectivity index is 0.00000171. The molecule has 0 aliphatic rings. The Morgan fingerprint density at radius 3 is 2.47 bits per heavy atom. The van der Waals surface area contributed by atoms with E-state index in [4.69, 9.17) is 23.2 Å². The molecule has 0 bridgehead atoms. The fraction of sp³-hybridized carbons (Fsp3) is 0. The van der Waals surface area contributed by atoms with Crippen molar-refractivity contribution >= 4 is 62.2 Å². The predicted octanol–water partition coefficient (Wildman–Crippen LogP) is 3.94. The molecule has 30 heavy (non-hydrogen) atoms. The average Bonchev–Trinajstić information content (AvgIpc) is 3.12. The number of carbonyl (C=O) groups excluding carboxylic acids is 1. The molecule has 146 valence electrons. The monoisotopic (exact) mass is 449 g/mol. The van der Waals surface area contributed by atoms with Gasteiger partial charge in [-0.25, -0.2) is 4.79 Å². The van der Waals surface area contributed by atoms with Crippen molar-refractivity contribution in [2.75, 3.05) is 5.32 Å². The van der Waals surface area contributed by atoms with Crippen LogP contribution in [0.25, 0.3) is 21.2 Å². The van der Waals surface area contributed by atoms with E-state index in [1.807, 2.05) is 29.6 Å². The van der Waals surface area contributed by atoms with Crippen LogP contribution in [-0.2, 0) is 0 Å². The largest absolute Gasteiger partial charge is 1.00 e. The zero-order chi connectivity index (χ0) is 20.5. The minimum Gasteiger partial charge on any atom is -1.00 e. The Hall–Kier alpha value is -2.26. The average molecular weight is 450 g/mol. The number of rotatable bonds is 4. The number of fused-ring (bicyclic) bond motifs is 1. The van der Waals surface area contributed by atoms with Crippen LogP contribution in [-0.4, -0.2) is 17.0 Å². The van der Waals surface area contributed by atoms with E-state index in [0.29, 0.717) is 5.02 Å². The third-order valence-corrected chi connectivity index (χ3v) is 5.98. The summed E-state index contributed by atoms with van der Waals surface area (Å²) in [5.41, 5.74) is 2.11. The van der Waals surface area contributed by atoms with Gasteiger partial charge >= 0.3 is 24.8 Å². The van der Waals surface area contributed by atoms with E-state index >= 15 is 0 Å². The molecule has 0 spiro atoms. The zero-order valence-electron chi connectivity index (χ0n) is 16.8. The van der Waals surface area contributed by atoms with Gasteiger partial charge in [-0.05, 0) is 47.3 Å². The molecular formula is C22H14Cl2LiNO3S. The van der Waals surface area contributed by atoms with Gasteiger partial charge in [0, 0.05) is 20.7 Å². The van der Waals surface area contributed by atoms with Crippen LogP contribution in [0.3, 0.4) is 0 Å². The van der Waals surface area contributed by atoms with Crippen LogP contribution in [0.15, 0.2) is 66.0 Å². The first-order chi connectivity index (χ1) is 13.9. The van der Waals surface area contributed by atoms with Gasteiger partial charge in [-0.15, -0.1) is 11.3 Å². The summed E-state index contributed by atoms with van der Waals surface area (Å²) in [5.74, 6) is -1.65. The van der Waals surface area contributed by atoms with E-state index in [-0.39, 0.29) is 42.1 Å². The molecule has 1 heterocycles. The summed E-state index contributed by atoms with van der Waals surface area (Å²) in [5, 5.41) is 16.0. The molecule has 2 N–H and O–H groups in total. The number of carboxylic acids is 1. The third-order valence-electron chi connectivity index (χ3n) is 4.47. The summed E-state index contributed by atoms with van der Waals surface area (Å²) >= 11 is 13.5. The Kier molecular flexibility index (Phi) is 6.92. The smallest absolute Gasteiger partial charge is 1.00 e. The summed E-state index contributed by atoms with van der Waals surface area (Å²) in [4.78, 5) is 24.4. The van der Waals surface area contributed by atoms with Crippen molar-refractivity contribution < 1.29 is 35.0 Å². The fourth-order valence-electron chi connectivity index (χ4n) is 3.06. The molecule has 0 radical (unpaired) electrons. The van der Waals surface area contributed by atoms with Crippen molar-refractivity contribution in [3.8, 4) is 11.1 Å². The summed E-state index contributed by atoms with van der Waals surface area (Å²) in [6.07, 6.45) is 0. The summed E-state index contributed by atoms with van der Waals surface area (Å²) in [6.45, 7) is 0. The van der Waals surface area contributed by atoms with E-state index in [2.05, 4.69) is 5.32 Å². The Morgan fingerprint density at radius 1 is 0.967 bits per heavy atom. The van der Waals surface area contributed by atoms with Crippen molar-refractivity contribution in [3.05, 3.63) is 87.2 Å². The van der Waals surface area contributed by atoms with Crippen LogP contribution in [0.4, 0.5) is 5.69 Å². The molecule has 1 amide bonds. The van der Waals surface area contributed by atoms with Crippen molar-refractivity contribution in [3.63, 3.8) is 0 Å². The van der Waals surface area contributed by atoms with Crippen LogP contribution >= 0.6 is 34.5 Å². The molecule has 3 aromatic carbocycles. The number of nitrogens with one attached hydrogen (secondary N) is 1. The van der Waals surface area contributed by atoms with Crippen molar-refractivity contribution in [1.82, 2.24) is 0 Å². The Bertz CT molecular complexity index is 1280. The van der Waals surface area contributed by atoms with Gasteiger partial charge in [0.2, 0.25) is 0 Å². The van der Waals surface area contributed by atoms with E-state index in [1.54, 1.807) is 35.6 Å². The van der Waals surface area contributed by atoms with Crippen LogP contribution < -0.4 is 24.2 Å². The SMILES string of the molecule is O=C(Nc1ccc(-c2csc3ccccc23)cc1C(=O)O)c1ccc(Cl)cc1Cl.[H-].[Li+]. The topological polar surface area (TPSA) is 66.4 Å². The molecule has 4 rings (SSSR count). The Labute approximate surface area is 200 Å². The van der Waals surface area contributed by atoms with Gasteiger partial charge in [0.1, 0.15) is 0 Å². The molecule has 0 aliphatic carbocycles. The van der Waals surface area contributed by atoms with Gasteiger partial charge in [-0.2, -0.15) is 0 Å². The molecule has 0 saturated carbocycles. The fourth-order valence-corrected chi connectivity index (χ4v) is 4.53. The van der Waals surface area contributed by atoms with E-state index in [0.717, 1.165) is 21.2 Å². The number of hydrogen-bond acceptors (Lipinski definition) is 3. The summed E-state index contributed by atoms with van der Waals surface area (Å²) < 4.78 is 1.12. The Morgan fingerprint density at radius 2 is 1.73 bits per heavy atom. The molecule has 0 saturated heterocycles. The van der Waals surface area contributed by atoms with E-state index in [9.17, 15) is 14.7 Å². The maximum absolute atomic E-state index is 12.6. The van der Waals surface area contributed by atoms with Gasteiger partial charge in [0.25, 0.3) is 5.91 Å². The van der Waals surface area contributed by atoms with Gasteiger partial charge < -0.3 is 11.8 Å². The molecular weight excluding hydrogens is 436 g/mol. The van der Waals surface area contributed by atoms with Gasteiger partial charge in [-0.1, -0.05) is 47.5 Å². The van der Waals surface area contributed by atoms with Crippen LogP contribution in [0.5, 0.6) is 0 Å². The normalized spacial score (nSPS) is 10.5. The summed E-state index contributed by atoms with van der Waals surface area (Å²) in [6, 6.07) is 17.4. The quantitative estimate of drug-likeness (QED) is 0.463. The number of carboxylic acid groups (broad SMARTS) is 1. The molecule has 4 nitrogen and oxygen atoms in total. The number of benzene rings is 3. The number of aromatic carboxylic acids is 1.